The van der Waals surface area contributed by atoms with Gasteiger partial charge in [0.2, 0.25) is 0 Å². The Morgan fingerprint density at radius 2 is 2.09 bits per heavy atom. The highest BCUT2D eigenvalue weighted by Gasteiger charge is 2.08. The third kappa shape index (κ3) is 4.21. The van der Waals surface area contributed by atoms with E-state index in [4.69, 9.17) is 0 Å². The van der Waals surface area contributed by atoms with Gasteiger partial charge in [-0.2, -0.15) is 0 Å². The van der Waals surface area contributed by atoms with E-state index in [2.05, 4.69) is 41.7 Å². The molecule has 2 rings (SSSR count). The molecule has 1 N–H and O–H groups in total. The van der Waals surface area contributed by atoms with Gasteiger partial charge in [-0.25, -0.2) is 0 Å². The molecule has 4 nitrogen and oxygen atoms in total. The maximum Gasteiger partial charge on any atom is 0.252 e. The molecule has 5 heteroatoms. The second-order valence-corrected chi connectivity index (χ2v) is 5.69. The highest BCUT2D eigenvalue weighted by atomic mass is 32.1. The number of thiol groups is 1. The topological polar surface area (TPSA) is 45.2 Å². The first kappa shape index (κ1) is 16.8. The van der Waals surface area contributed by atoms with Crippen molar-refractivity contribution in [3.63, 3.8) is 0 Å². The summed E-state index contributed by atoms with van der Waals surface area (Å²) in [4.78, 5) is 19.7. The van der Waals surface area contributed by atoms with Gasteiger partial charge < -0.3 is 10.2 Å². The molecule has 1 aromatic carbocycles. The van der Waals surface area contributed by atoms with Crippen molar-refractivity contribution < 1.29 is 4.79 Å². The van der Waals surface area contributed by atoms with Crippen LogP contribution in [-0.2, 0) is 0 Å². The highest BCUT2D eigenvalue weighted by Crippen LogP contribution is 2.20. The summed E-state index contributed by atoms with van der Waals surface area (Å²) < 4.78 is 0. The molecule has 0 unspecified atom stereocenters. The number of carbonyl (C=O) groups excluding carboxylic acids is 1. The number of hydrogen-bond donors (Lipinski definition) is 2. The van der Waals surface area contributed by atoms with Gasteiger partial charge in [0, 0.05) is 23.0 Å². The van der Waals surface area contributed by atoms with Crippen molar-refractivity contribution in [1.29, 1.82) is 0 Å². The molecule has 118 valence electrons. The van der Waals surface area contributed by atoms with E-state index in [1.165, 1.54) is 0 Å². The number of benzene rings is 1. The smallest absolute Gasteiger partial charge is 0.252 e. The van der Waals surface area contributed by atoms with Crippen molar-refractivity contribution in [3.8, 4) is 0 Å². The molecule has 0 saturated heterocycles. The summed E-state index contributed by atoms with van der Waals surface area (Å²) in [5, 5.41) is 3.89. The molecule has 0 spiro atoms. The van der Waals surface area contributed by atoms with Crippen LogP contribution >= 0.6 is 12.6 Å². The van der Waals surface area contributed by atoms with E-state index in [-0.39, 0.29) is 5.91 Å². The van der Waals surface area contributed by atoms with Crippen LogP contribution in [0.15, 0.2) is 35.4 Å². The van der Waals surface area contributed by atoms with Crippen molar-refractivity contribution in [2.45, 2.75) is 25.2 Å². The molecule has 0 radical (unpaired) electrons. The zero-order valence-corrected chi connectivity index (χ0v) is 14.1. The molecule has 0 aliphatic rings. The van der Waals surface area contributed by atoms with E-state index in [1.807, 2.05) is 24.3 Å². The first-order valence-electron chi connectivity index (χ1n) is 7.74. The van der Waals surface area contributed by atoms with Gasteiger partial charge in [-0.3, -0.25) is 9.78 Å². The van der Waals surface area contributed by atoms with Crippen molar-refractivity contribution in [3.05, 3.63) is 36.0 Å². The van der Waals surface area contributed by atoms with Crippen LogP contribution in [0.25, 0.3) is 10.9 Å². The number of aromatic nitrogens is 1. The third-order valence-corrected chi connectivity index (χ3v) is 4.14. The molecule has 1 heterocycles. The minimum absolute atomic E-state index is 0.0708. The molecule has 2 aromatic rings. The summed E-state index contributed by atoms with van der Waals surface area (Å²) in [5.74, 6) is -0.0708. The summed E-state index contributed by atoms with van der Waals surface area (Å²) in [7, 11) is 0. The SMILES string of the molecule is CCN(CC)CCCNC(=O)c1cnc2c(S)cccc2c1. The van der Waals surface area contributed by atoms with Crippen LogP contribution in [0.4, 0.5) is 0 Å². The normalized spacial score (nSPS) is 11.1. The first-order chi connectivity index (χ1) is 10.7. The van der Waals surface area contributed by atoms with Crippen molar-refractivity contribution in [1.82, 2.24) is 15.2 Å². The number of rotatable bonds is 7. The van der Waals surface area contributed by atoms with Crippen LogP contribution in [-0.4, -0.2) is 42.0 Å². The lowest BCUT2D eigenvalue weighted by Gasteiger charge is -2.17. The average Bonchev–Trinajstić information content (AvgIpc) is 2.54. The zero-order valence-electron chi connectivity index (χ0n) is 13.2. The Balaban J connectivity index is 1.93. The summed E-state index contributed by atoms with van der Waals surface area (Å²) in [6, 6.07) is 7.62. The predicted octanol–water partition coefficient (Wildman–Crippen LogP) is 2.99. The van der Waals surface area contributed by atoms with Crippen molar-refractivity contribution in [2.24, 2.45) is 0 Å². The van der Waals surface area contributed by atoms with Gasteiger partial charge >= 0.3 is 0 Å². The van der Waals surface area contributed by atoms with E-state index in [9.17, 15) is 4.79 Å². The Bertz CT molecular complexity index is 641. The van der Waals surface area contributed by atoms with Gasteiger partial charge in [-0.15, -0.1) is 12.6 Å². The number of carbonyl (C=O) groups is 1. The molecule has 0 aliphatic heterocycles. The van der Waals surface area contributed by atoms with Gasteiger partial charge in [-0.1, -0.05) is 26.0 Å². The quantitative estimate of drug-likeness (QED) is 0.609. The number of nitrogens with zero attached hydrogens (tertiary/aromatic N) is 2. The second kappa shape index (κ2) is 8.15. The molecule has 22 heavy (non-hydrogen) atoms. The van der Waals surface area contributed by atoms with E-state index in [1.54, 1.807) is 6.20 Å². The molecule has 0 fully saturated rings. The summed E-state index contributed by atoms with van der Waals surface area (Å²) >= 11 is 4.38. The zero-order chi connectivity index (χ0) is 15.9. The standard InChI is InChI=1S/C17H23N3OS/c1-3-20(4-2)10-6-9-18-17(21)14-11-13-7-5-8-15(22)16(13)19-12-14/h5,7-8,11-12,22H,3-4,6,9-10H2,1-2H3,(H,18,21). The fraction of sp³-hybridized carbons (Fsp3) is 0.412. The molecular weight excluding hydrogens is 294 g/mol. The lowest BCUT2D eigenvalue weighted by atomic mass is 10.1. The Hall–Kier alpha value is -1.59. The maximum atomic E-state index is 12.2. The number of para-hydroxylation sites is 1. The van der Waals surface area contributed by atoms with Gasteiger partial charge in [0.25, 0.3) is 5.91 Å². The summed E-state index contributed by atoms with van der Waals surface area (Å²) in [6.45, 7) is 8.08. The molecule has 0 bridgehead atoms. The molecule has 1 amide bonds. The van der Waals surface area contributed by atoms with E-state index < -0.39 is 0 Å². The lowest BCUT2D eigenvalue weighted by molar-refractivity contribution is 0.0951. The maximum absolute atomic E-state index is 12.2. The second-order valence-electron chi connectivity index (χ2n) is 5.21. The Labute approximate surface area is 137 Å². The van der Waals surface area contributed by atoms with Crippen LogP contribution in [0.3, 0.4) is 0 Å². The monoisotopic (exact) mass is 317 g/mol. The Kier molecular flexibility index (Phi) is 6.21. The molecule has 0 saturated carbocycles. The van der Waals surface area contributed by atoms with Crippen LogP contribution in [0.2, 0.25) is 0 Å². The van der Waals surface area contributed by atoms with Crippen LogP contribution in [0.1, 0.15) is 30.6 Å². The number of amides is 1. The van der Waals surface area contributed by atoms with Crippen molar-refractivity contribution >= 4 is 29.4 Å². The third-order valence-electron chi connectivity index (χ3n) is 3.78. The van der Waals surface area contributed by atoms with Gasteiger partial charge in [0.15, 0.2) is 0 Å². The number of pyridine rings is 1. The molecule has 0 atom stereocenters. The minimum atomic E-state index is -0.0708. The van der Waals surface area contributed by atoms with Gasteiger partial charge in [0.05, 0.1) is 11.1 Å². The van der Waals surface area contributed by atoms with Crippen molar-refractivity contribution in [2.75, 3.05) is 26.2 Å². The lowest BCUT2D eigenvalue weighted by Crippen LogP contribution is -2.29. The van der Waals surface area contributed by atoms with Crippen LogP contribution in [0.5, 0.6) is 0 Å². The first-order valence-corrected chi connectivity index (χ1v) is 8.18. The number of hydrogen-bond acceptors (Lipinski definition) is 4. The highest BCUT2D eigenvalue weighted by molar-refractivity contribution is 7.80. The largest absolute Gasteiger partial charge is 0.352 e. The molecule has 1 aromatic heterocycles. The molecular formula is C17H23N3OS. The van der Waals surface area contributed by atoms with Gasteiger partial charge in [0.1, 0.15) is 0 Å². The summed E-state index contributed by atoms with van der Waals surface area (Å²) in [5.41, 5.74) is 1.41. The number of nitrogens with one attached hydrogen (secondary N) is 1. The average molecular weight is 317 g/mol. The summed E-state index contributed by atoms with van der Waals surface area (Å²) in [6.07, 6.45) is 2.57. The van der Waals surface area contributed by atoms with E-state index in [0.29, 0.717) is 12.1 Å². The van der Waals surface area contributed by atoms with Crippen LogP contribution < -0.4 is 5.32 Å². The van der Waals surface area contributed by atoms with E-state index >= 15 is 0 Å². The van der Waals surface area contributed by atoms with Crippen LogP contribution in [0, 0.1) is 0 Å². The van der Waals surface area contributed by atoms with Gasteiger partial charge in [-0.05, 0) is 38.2 Å². The molecule has 0 aliphatic carbocycles. The fourth-order valence-corrected chi connectivity index (χ4v) is 2.69. The predicted molar refractivity (Wildman–Crippen MR) is 93.7 cm³/mol. The Morgan fingerprint density at radius 1 is 1.32 bits per heavy atom. The fourth-order valence-electron chi connectivity index (χ4n) is 2.42. The minimum Gasteiger partial charge on any atom is -0.352 e. The van der Waals surface area contributed by atoms with E-state index in [0.717, 1.165) is 41.9 Å². The Morgan fingerprint density at radius 3 is 2.82 bits per heavy atom. The number of fused-ring (bicyclic) bond motifs is 1.